The number of likely N-dealkylation sites (N-methyl/N-ethyl adjacent to an activating group) is 3. The molecule has 6 aliphatic rings. The van der Waals surface area contributed by atoms with E-state index in [9.17, 15) is 0 Å². The van der Waals surface area contributed by atoms with E-state index in [2.05, 4.69) is 184 Å². The van der Waals surface area contributed by atoms with Gasteiger partial charge >= 0.3 is 0 Å². The van der Waals surface area contributed by atoms with Crippen molar-refractivity contribution in [2.45, 2.75) is 76.3 Å². The van der Waals surface area contributed by atoms with Crippen LogP contribution in [-0.4, -0.2) is 201 Å². The monoisotopic (exact) mass is 1190 g/mol. The minimum atomic E-state index is 0.0604. The smallest absolute Gasteiger partial charge is 0.229 e. The molecule has 88 heavy (non-hydrogen) atoms. The first-order valence-electron chi connectivity index (χ1n) is 32.1. The second-order valence-electron chi connectivity index (χ2n) is 25.0. The number of anilines is 12. The Morgan fingerprint density at radius 1 is 0.500 bits per heavy atom. The van der Waals surface area contributed by atoms with Crippen molar-refractivity contribution in [2.24, 2.45) is 11.8 Å². The molecule has 0 aliphatic carbocycles. The van der Waals surface area contributed by atoms with Gasteiger partial charge in [-0.25, -0.2) is 15.0 Å². The van der Waals surface area contributed by atoms with Gasteiger partial charge in [-0.3, -0.25) is 9.80 Å². The summed E-state index contributed by atoms with van der Waals surface area (Å²) < 4.78 is 18.9. The Kier molecular flexibility index (Phi) is 18.5. The van der Waals surface area contributed by atoms with Crippen molar-refractivity contribution < 1.29 is 14.2 Å². The zero-order valence-corrected chi connectivity index (χ0v) is 51.9. The molecule has 0 radical (unpaired) electrons. The molecular weight excluding hydrogens is 1100 g/mol. The van der Waals surface area contributed by atoms with Crippen LogP contribution in [0.25, 0.3) is 10.9 Å². The Morgan fingerprint density at radius 2 is 1.00 bits per heavy atom. The number of piperazine rings is 3. The van der Waals surface area contributed by atoms with E-state index < -0.39 is 0 Å². The fraction of sp³-hybridized carbons (Fsp3) is 0.493. The minimum Gasteiger partial charge on any atom is -0.376 e. The molecule has 3 aromatic heterocycles. The summed E-state index contributed by atoms with van der Waals surface area (Å²) in [7, 11) is 6.71. The van der Waals surface area contributed by atoms with Crippen molar-refractivity contribution in [3.05, 3.63) is 121 Å². The average Bonchev–Trinajstić information content (AvgIpc) is 4.51. The molecule has 464 valence electrons. The fourth-order valence-corrected chi connectivity index (χ4v) is 13.6. The summed E-state index contributed by atoms with van der Waals surface area (Å²) in [4.78, 5) is 43.9. The molecular formula is C67H88N18O3. The van der Waals surface area contributed by atoms with Crippen LogP contribution < -0.4 is 46.6 Å². The molecule has 9 heterocycles. The van der Waals surface area contributed by atoms with Crippen LogP contribution in [0.15, 0.2) is 109 Å². The third-order valence-electron chi connectivity index (χ3n) is 19.0. The maximum atomic E-state index is 6.55. The van der Waals surface area contributed by atoms with Crippen LogP contribution in [0.2, 0.25) is 0 Å². The SMILES string of the molecule is CCc1cnc(Nc2ccc(N3CCN(C)CC3)cc2)nc1NCC1CC(C2CN(c3ccc(Nc4nc(NCC5CC(C6CN(c7ccc(Nc8ncc(C)c(NCC9CCCO9)n8)cc7)CCN6C)CO5)c5ccccc5n4)cc3)CCN2C)CO1. The van der Waals surface area contributed by atoms with Crippen LogP contribution in [0.4, 0.5) is 69.4 Å². The molecule has 7 unspecified atom stereocenters. The van der Waals surface area contributed by atoms with Gasteiger partial charge in [0.2, 0.25) is 17.8 Å². The number of nitrogens with one attached hydrogen (secondary N) is 6. The maximum Gasteiger partial charge on any atom is 0.229 e. The molecule has 6 N–H and O–H groups in total. The van der Waals surface area contributed by atoms with Crippen molar-refractivity contribution in [1.29, 1.82) is 0 Å². The highest BCUT2D eigenvalue weighted by Crippen LogP contribution is 2.34. The van der Waals surface area contributed by atoms with Gasteiger partial charge in [0.1, 0.15) is 17.5 Å². The molecule has 6 saturated heterocycles. The van der Waals surface area contributed by atoms with Crippen LogP contribution in [0.5, 0.6) is 0 Å². The molecule has 0 saturated carbocycles. The molecule has 21 heteroatoms. The van der Waals surface area contributed by atoms with Crippen LogP contribution >= 0.6 is 0 Å². The standard InChI is InChI=1S/C67H88N18O3/c1-6-46-37-72-66(74-49-13-19-52(20-14-49)83-29-25-80(3)26-30-83)78-63(46)69-39-56-34-47(43-87-56)60-41-85(32-28-81(60)4)54-23-17-51(18-24-54)75-67-76-59-12-8-7-11-58(59)64(79-67)70-40-57-35-48(44-88-57)61-42-84(31-27-82(61)5)53-21-15-50(16-22-53)73-65-71-36-45(2)62(77-65)68-38-55-10-9-33-86-55/h7-8,11-24,36-37,47-48,55-57,60-61H,6,9-10,25-35,38-44H2,1-5H3,(H2,68,71,73,77)(H2,69,72,74,78)(H2,70,75,76,79). The van der Waals surface area contributed by atoms with Crippen molar-refractivity contribution in [3.63, 3.8) is 0 Å². The highest BCUT2D eigenvalue weighted by molar-refractivity contribution is 5.90. The summed E-state index contributed by atoms with van der Waals surface area (Å²) in [5, 5.41) is 22.2. The maximum absolute atomic E-state index is 6.55. The molecule has 7 atom stereocenters. The highest BCUT2D eigenvalue weighted by atomic mass is 16.5. The van der Waals surface area contributed by atoms with Crippen LogP contribution in [0.3, 0.4) is 0 Å². The lowest BCUT2D eigenvalue weighted by Crippen LogP contribution is -2.54. The number of nitrogens with zero attached hydrogens (tertiary/aromatic N) is 12. The number of aryl methyl sites for hydroxylation is 2. The normalized spacial score (nSPS) is 23.8. The van der Waals surface area contributed by atoms with Crippen molar-refractivity contribution >= 4 is 80.3 Å². The van der Waals surface area contributed by atoms with Crippen LogP contribution in [0.1, 0.15) is 43.7 Å². The van der Waals surface area contributed by atoms with E-state index >= 15 is 0 Å². The van der Waals surface area contributed by atoms with E-state index in [4.69, 9.17) is 34.1 Å². The van der Waals surface area contributed by atoms with Crippen LogP contribution in [-0.2, 0) is 20.6 Å². The number of hydrogen-bond acceptors (Lipinski definition) is 21. The van der Waals surface area contributed by atoms with Gasteiger partial charge in [0.15, 0.2) is 0 Å². The summed E-state index contributed by atoms with van der Waals surface area (Å²) in [5.41, 5.74) is 9.52. The van der Waals surface area contributed by atoms with Gasteiger partial charge in [0, 0.05) is 179 Å². The molecule has 7 aromatic rings. The number of fused-ring (bicyclic) bond motifs is 1. The summed E-state index contributed by atoms with van der Waals surface area (Å²) in [6.45, 7) is 18.6. The summed E-state index contributed by atoms with van der Waals surface area (Å²) >= 11 is 0. The average molecular weight is 1190 g/mol. The molecule has 4 aromatic carbocycles. The lowest BCUT2D eigenvalue weighted by atomic mass is 9.93. The third kappa shape index (κ3) is 14.2. The Morgan fingerprint density at radius 3 is 1.58 bits per heavy atom. The van der Waals surface area contributed by atoms with Gasteiger partial charge in [-0.2, -0.15) is 15.0 Å². The summed E-state index contributed by atoms with van der Waals surface area (Å²) in [6.07, 6.45) is 9.19. The molecule has 0 spiro atoms. The minimum absolute atomic E-state index is 0.0604. The van der Waals surface area contributed by atoms with Gasteiger partial charge in [0.05, 0.1) is 37.0 Å². The summed E-state index contributed by atoms with van der Waals surface area (Å²) in [6, 6.07) is 34.9. The molecule has 6 fully saturated rings. The highest BCUT2D eigenvalue weighted by Gasteiger charge is 2.39. The Hall–Kier alpha value is -7.66. The largest absolute Gasteiger partial charge is 0.376 e. The molecule has 13 rings (SSSR count). The lowest BCUT2D eigenvalue weighted by molar-refractivity contribution is 0.0987. The zero-order valence-electron chi connectivity index (χ0n) is 51.9. The van der Waals surface area contributed by atoms with Crippen molar-refractivity contribution in [2.75, 3.05) is 173 Å². The topological polar surface area (TPSA) is 197 Å². The Labute approximate surface area is 518 Å². The summed E-state index contributed by atoms with van der Waals surface area (Å²) in [5.74, 6) is 5.04. The van der Waals surface area contributed by atoms with Gasteiger partial charge in [-0.15, -0.1) is 0 Å². The fourth-order valence-electron chi connectivity index (χ4n) is 13.6. The van der Waals surface area contributed by atoms with Crippen molar-refractivity contribution in [1.82, 2.24) is 44.6 Å². The number of para-hydroxylation sites is 1. The van der Waals surface area contributed by atoms with Crippen LogP contribution in [0, 0.1) is 18.8 Å². The molecule has 6 aliphatic heterocycles. The van der Waals surface area contributed by atoms with Crippen molar-refractivity contribution in [3.8, 4) is 0 Å². The predicted octanol–water partition coefficient (Wildman–Crippen LogP) is 8.93. The number of aromatic nitrogens is 6. The third-order valence-corrected chi connectivity index (χ3v) is 19.0. The van der Waals surface area contributed by atoms with Gasteiger partial charge in [0.25, 0.3) is 0 Å². The first-order valence-corrected chi connectivity index (χ1v) is 32.1. The van der Waals surface area contributed by atoms with E-state index in [0.29, 0.717) is 54.9 Å². The van der Waals surface area contributed by atoms with E-state index in [-0.39, 0.29) is 18.3 Å². The van der Waals surface area contributed by atoms with Gasteiger partial charge in [-0.1, -0.05) is 19.1 Å². The van der Waals surface area contributed by atoms with Gasteiger partial charge < -0.3 is 65.7 Å². The first-order chi connectivity index (χ1) is 43.1. The van der Waals surface area contributed by atoms with E-state index in [1.54, 1.807) is 0 Å². The van der Waals surface area contributed by atoms with E-state index in [1.165, 1.54) is 17.1 Å². The number of ether oxygens (including phenoxy) is 3. The van der Waals surface area contributed by atoms with Gasteiger partial charge in [-0.05, 0) is 145 Å². The number of rotatable bonds is 21. The Bertz CT molecular complexity index is 3420. The second kappa shape index (κ2) is 27.4. The van der Waals surface area contributed by atoms with E-state index in [0.717, 1.165) is 180 Å². The molecule has 0 bridgehead atoms. The predicted molar refractivity (Wildman–Crippen MR) is 354 cm³/mol. The quantitative estimate of drug-likeness (QED) is 0.0399. The van der Waals surface area contributed by atoms with E-state index in [1.807, 2.05) is 31.5 Å². The second-order valence-corrected chi connectivity index (χ2v) is 25.0. The molecule has 0 amide bonds. The number of benzene rings is 4. The zero-order chi connectivity index (χ0) is 59.9. The Balaban J connectivity index is 0.577. The number of hydrogen-bond donors (Lipinski definition) is 6. The lowest BCUT2D eigenvalue weighted by Gasteiger charge is -2.43. The first kappa shape index (κ1) is 59.3. The molecule has 21 nitrogen and oxygen atoms in total.